The fourth-order valence-electron chi connectivity index (χ4n) is 2.72. The van der Waals surface area contributed by atoms with Gasteiger partial charge in [-0.3, -0.25) is 9.59 Å². The van der Waals surface area contributed by atoms with Crippen molar-refractivity contribution < 1.29 is 24.2 Å². The number of benzene rings is 2. The summed E-state index contributed by atoms with van der Waals surface area (Å²) in [6.07, 6.45) is 6.69. The number of allylic oxidation sites excluding steroid dienone is 2. The molecule has 0 radical (unpaired) electrons. The number of carbonyl (C=O) groups excluding carboxylic acids is 2. The molecule has 0 aromatic heterocycles. The van der Waals surface area contributed by atoms with Gasteiger partial charge < -0.3 is 19.5 Å². The molecule has 0 aliphatic rings. The molecule has 6 heteroatoms. The molecule has 164 valence electrons. The summed E-state index contributed by atoms with van der Waals surface area (Å²) >= 11 is 0. The van der Waals surface area contributed by atoms with Crippen LogP contribution in [-0.2, 0) is 9.59 Å². The van der Waals surface area contributed by atoms with Crippen molar-refractivity contribution in [2.75, 3.05) is 34.4 Å². The lowest BCUT2D eigenvalue weighted by Gasteiger charge is -2.10. The third-order valence-corrected chi connectivity index (χ3v) is 4.37. The first-order valence-corrected chi connectivity index (χ1v) is 10.0. The van der Waals surface area contributed by atoms with E-state index in [-0.39, 0.29) is 23.7 Å². The Labute approximate surface area is 183 Å². The van der Waals surface area contributed by atoms with Crippen molar-refractivity contribution in [3.8, 4) is 17.2 Å². The summed E-state index contributed by atoms with van der Waals surface area (Å²) in [4.78, 5) is 26.2. The van der Waals surface area contributed by atoms with E-state index in [1.807, 2.05) is 38.4 Å². The predicted octanol–water partition coefficient (Wildman–Crippen LogP) is 3.99. The second-order valence-corrected chi connectivity index (χ2v) is 7.28. The Morgan fingerprint density at radius 3 is 2.16 bits per heavy atom. The molecule has 0 spiro atoms. The Bertz CT molecular complexity index is 929. The molecule has 0 atom stereocenters. The molecule has 1 N–H and O–H groups in total. The first-order valence-electron chi connectivity index (χ1n) is 10.0. The number of nitrogens with zero attached hydrogens (tertiary/aromatic N) is 1. The van der Waals surface area contributed by atoms with Crippen LogP contribution in [0.3, 0.4) is 0 Å². The smallest absolute Gasteiger partial charge is 0.163 e. The maximum Gasteiger partial charge on any atom is 0.163 e. The van der Waals surface area contributed by atoms with E-state index in [1.54, 1.807) is 24.3 Å². The minimum atomic E-state index is -0.313. The van der Waals surface area contributed by atoms with Crippen LogP contribution in [0.5, 0.6) is 17.2 Å². The minimum absolute atomic E-state index is 0.0129. The van der Waals surface area contributed by atoms with Crippen LogP contribution < -0.4 is 9.47 Å². The zero-order valence-electron chi connectivity index (χ0n) is 18.2. The van der Waals surface area contributed by atoms with Crippen LogP contribution >= 0.6 is 0 Å². The van der Waals surface area contributed by atoms with Crippen LogP contribution in [0, 0.1) is 0 Å². The van der Waals surface area contributed by atoms with Crippen LogP contribution in [0.4, 0.5) is 0 Å². The van der Waals surface area contributed by atoms with Crippen molar-refractivity contribution in [1.82, 2.24) is 4.90 Å². The van der Waals surface area contributed by atoms with E-state index in [1.165, 1.54) is 25.3 Å². The number of carbonyl (C=O) groups is 2. The fourth-order valence-corrected chi connectivity index (χ4v) is 2.72. The molecule has 0 aliphatic heterocycles. The van der Waals surface area contributed by atoms with Crippen molar-refractivity contribution in [1.29, 1.82) is 0 Å². The number of aromatic hydroxyl groups is 1. The van der Waals surface area contributed by atoms with Crippen LogP contribution in [0.25, 0.3) is 12.2 Å². The molecule has 0 saturated carbocycles. The number of ketones is 2. The van der Waals surface area contributed by atoms with Crippen molar-refractivity contribution in [2.45, 2.75) is 12.8 Å². The fraction of sp³-hybridized carbons (Fsp3) is 0.280. The quantitative estimate of drug-likeness (QED) is 0.316. The molecule has 0 bridgehead atoms. The van der Waals surface area contributed by atoms with Gasteiger partial charge in [-0.25, -0.2) is 0 Å². The highest BCUT2D eigenvalue weighted by atomic mass is 16.5. The second kappa shape index (κ2) is 12.3. The summed E-state index contributed by atoms with van der Waals surface area (Å²) in [6.45, 7) is 1.62. The van der Waals surface area contributed by atoms with Gasteiger partial charge in [0.15, 0.2) is 23.1 Å². The van der Waals surface area contributed by atoms with Crippen molar-refractivity contribution in [2.24, 2.45) is 0 Å². The highest BCUT2D eigenvalue weighted by molar-refractivity contribution is 6.10. The molecular weight excluding hydrogens is 394 g/mol. The SMILES string of the molecule is COc1ccc(/C=C/C(=O)CC(=O)/C=C/c2ccc(OCCCN(C)C)cc2)cc1O. The van der Waals surface area contributed by atoms with Gasteiger partial charge in [-0.15, -0.1) is 0 Å². The van der Waals surface area contributed by atoms with Gasteiger partial charge >= 0.3 is 0 Å². The predicted molar refractivity (Wildman–Crippen MR) is 122 cm³/mol. The molecule has 2 aromatic rings. The van der Waals surface area contributed by atoms with Crippen molar-refractivity contribution in [3.05, 3.63) is 65.7 Å². The van der Waals surface area contributed by atoms with E-state index in [0.717, 1.165) is 24.3 Å². The lowest BCUT2D eigenvalue weighted by atomic mass is 10.1. The van der Waals surface area contributed by atoms with Crippen LogP contribution in [0.1, 0.15) is 24.0 Å². The largest absolute Gasteiger partial charge is 0.504 e. The van der Waals surface area contributed by atoms with Crippen LogP contribution in [-0.4, -0.2) is 55.9 Å². The summed E-state index contributed by atoms with van der Waals surface area (Å²) in [5, 5.41) is 9.75. The lowest BCUT2D eigenvalue weighted by Crippen LogP contribution is -2.15. The van der Waals surface area contributed by atoms with Gasteiger partial charge in [0.2, 0.25) is 0 Å². The van der Waals surface area contributed by atoms with Crippen molar-refractivity contribution in [3.63, 3.8) is 0 Å². The van der Waals surface area contributed by atoms with Gasteiger partial charge in [0, 0.05) is 6.54 Å². The Morgan fingerprint density at radius 1 is 0.968 bits per heavy atom. The zero-order valence-corrected chi connectivity index (χ0v) is 18.2. The number of ether oxygens (including phenoxy) is 2. The molecule has 0 fully saturated rings. The van der Waals surface area contributed by atoms with Gasteiger partial charge in [-0.2, -0.15) is 0 Å². The van der Waals surface area contributed by atoms with Crippen LogP contribution in [0.2, 0.25) is 0 Å². The molecule has 0 unspecified atom stereocenters. The highest BCUT2D eigenvalue weighted by Crippen LogP contribution is 2.26. The first-order chi connectivity index (χ1) is 14.9. The number of phenols is 1. The molecular formula is C25H29NO5. The maximum absolute atomic E-state index is 12.0. The Kier molecular flexibility index (Phi) is 9.52. The normalized spacial score (nSPS) is 11.4. The summed E-state index contributed by atoms with van der Waals surface area (Å²) in [5.74, 6) is 0.531. The number of hydrogen-bond donors (Lipinski definition) is 1. The number of hydrogen-bond acceptors (Lipinski definition) is 6. The van der Waals surface area contributed by atoms with Gasteiger partial charge in [-0.05, 0) is 68.1 Å². The summed E-state index contributed by atoms with van der Waals surface area (Å²) < 4.78 is 10.7. The van der Waals surface area contributed by atoms with Gasteiger partial charge in [0.05, 0.1) is 20.1 Å². The monoisotopic (exact) mass is 423 g/mol. The average Bonchev–Trinajstić information content (AvgIpc) is 2.74. The molecule has 31 heavy (non-hydrogen) atoms. The zero-order chi connectivity index (χ0) is 22.6. The lowest BCUT2D eigenvalue weighted by molar-refractivity contribution is -0.121. The number of phenolic OH excluding ortho intramolecular Hbond substituents is 1. The molecule has 0 amide bonds. The van der Waals surface area contributed by atoms with E-state index >= 15 is 0 Å². The molecule has 2 rings (SSSR count). The van der Waals surface area contributed by atoms with Gasteiger partial charge in [0.25, 0.3) is 0 Å². The van der Waals surface area contributed by atoms with E-state index in [0.29, 0.717) is 17.9 Å². The standard InChI is InChI=1S/C25H29NO5/c1-26(2)15-4-16-31-23-12-7-19(8-13-23)5-10-21(27)18-22(28)11-6-20-9-14-25(30-3)24(29)17-20/h5-14,17,29H,4,15-16,18H2,1-3H3/b10-5+,11-6+. The molecule has 0 saturated heterocycles. The Balaban J connectivity index is 1.80. The van der Waals surface area contributed by atoms with Gasteiger partial charge in [0.1, 0.15) is 5.75 Å². The third kappa shape index (κ3) is 8.88. The third-order valence-electron chi connectivity index (χ3n) is 4.37. The molecule has 2 aromatic carbocycles. The minimum Gasteiger partial charge on any atom is -0.504 e. The van der Waals surface area contributed by atoms with E-state index in [4.69, 9.17) is 9.47 Å². The van der Waals surface area contributed by atoms with Crippen LogP contribution in [0.15, 0.2) is 54.6 Å². The Hall–Kier alpha value is -3.38. The number of methoxy groups -OCH3 is 1. The molecule has 0 heterocycles. The summed E-state index contributed by atoms with van der Waals surface area (Å²) in [7, 11) is 5.51. The molecule has 0 aliphatic carbocycles. The highest BCUT2D eigenvalue weighted by Gasteiger charge is 2.05. The summed E-state index contributed by atoms with van der Waals surface area (Å²) in [6, 6.07) is 12.2. The van der Waals surface area contributed by atoms with Crippen molar-refractivity contribution >= 4 is 23.7 Å². The van der Waals surface area contributed by atoms with E-state index < -0.39 is 0 Å². The second-order valence-electron chi connectivity index (χ2n) is 7.28. The van der Waals surface area contributed by atoms with E-state index in [2.05, 4.69) is 4.90 Å². The Morgan fingerprint density at radius 2 is 1.58 bits per heavy atom. The molecule has 6 nitrogen and oxygen atoms in total. The first kappa shape index (κ1) is 23.9. The summed E-state index contributed by atoms with van der Waals surface area (Å²) in [5.41, 5.74) is 1.49. The average molecular weight is 424 g/mol. The number of rotatable bonds is 12. The van der Waals surface area contributed by atoms with E-state index in [9.17, 15) is 14.7 Å². The topological polar surface area (TPSA) is 76.1 Å². The maximum atomic E-state index is 12.0. The van der Waals surface area contributed by atoms with Gasteiger partial charge in [-0.1, -0.05) is 30.4 Å².